The first-order valence-corrected chi connectivity index (χ1v) is 5.57. The Morgan fingerprint density at radius 1 is 1.15 bits per heavy atom. The zero-order valence-electron chi connectivity index (χ0n) is 10.1. The minimum atomic E-state index is 0.419. The SMILES string of the molecule is CC(C)CC(N)CCCC(C)(C)C. The summed E-state index contributed by atoms with van der Waals surface area (Å²) >= 11 is 0. The lowest BCUT2D eigenvalue weighted by atomic mass is 9.88. The summed E-state index contributed by atoms with van der Waals surface area (Å²) in [6, 6.07) is 0.419. The van der Waals surface area contributed by atoms with Gasteiger partial charge < -0.3 is 5.73 Å². The maximum Gasteiger partial charge on any atom is 0.00412 e. The smallest absolute Gasteiger partial charge is 0.00412 e. The van der Waals surface area contributed by atoms with Crippen LogP contribution in [-0.4, -0.2) is 6.04 Å². The standard InChI is InChI=1S/C12H27N/c1-10(2)9-11(13)7-6-8-12(3,4)5/h10-11H,6-9,13H2,1-5H3. The number of hydrogen-bond acceptors (Lipinski definition) is 1. The van der Waals surface area contributed by atoms with Gasteiger partial charge in [0, 0.05) is 6.04 Å². The lowest BCUT2D eigenvalue weighted by Gasteiger charge is -2.20. The van der Waals surface area contributed by atoms with Crippen LogP contribution in [0.3, 0.4) is 0 Å². The van der Waals surface area contributed by atoms with E-state index in [9.17, 15) is 0 Å². The molecule has 0 aliphatic carbocycles. The van der Waals surface area contributed by atoms with Gasteiger partial charge in [-0.15, -0.1) is 0 Å². The molecule has 1 nitrogen and oxygen atoms in total. The van der Waals surface area contributed by atoms with Gasteiger partial charge in [-0.3, -0.25) is 0 Å². The Balaban J connectivity index is 3.42. The molecule has 0 heterocycles. The summed E-state index contributed by atoms with van der Waals surface area (Å²) in [5.74, 6) is 0.740. The molecule has 1 atom stereocenters. The molecule has 0 spiro atoms. The summed E-state index contributed by atoms with van der Waals surface area (Å²) in [4.78, 5) is 0. The highest BCUT2D eigenvalue weighted by Crippen LogP contribution is 2.22. The van der Waals surface area contributed by atoms with Crippen LogP contribution in [0.1, 0.15) is 60.3 Å². The minimum absolute atomic E-state index is 0.419. The van der Waals surface area contributed by atoms with Gasteiger partial charge in [0.25, 0.3) is 0 Å². The number of nitrogens with two attached hydrogens (primary N) is 1. The average molecular weight is 185 g/mol. The molecule has 2 N–H and O–H groups in total. The quantitative estimate of drug-likeness (QED) is 0.696. The van der Waals surface area contributed by atoms with E-state index >= 15 is 0 Å². The molecule has 1 unspecified atom stereocenters. The lowest BCUT2D eigenvalue weighted by molar-refractivity contribution is 0.344. The summed E-state index contributed by atoms with van der Waals surface area (Å²) in [6.45, 7) is 11.4. The molecule has 0 aromatic rings. The molecule has 0 bridgehead atoms. The summed E-state index contributed by atoms with van der Waals surface area (Å²) in [6.07, 6.45) is 4.93. The maximum atomic E-state index is 6.00. The van der Waals surface area contributed by atoms with Crippen LogP contribution >= 0.6 is 0 Å². The van der Waals surface area contributed by atoms with E-state index in [2.05, 4.69) is 34.6 Å². The van der Waals surface area contributed by atoms with Gasteiger partial charge in [-0.25, -0.2) is 0 Å². The Morgan fingerprint density at radius 3 is 2.08 bits per heavy atom. The molecule has 0 aliphatic heterocycles. The number of hydrogen-bond donors (Lipinski definition) is 1. The summed E-state index contributed by atoms with van der Waals surface area (Å²) in [5.41, 5.74) is 6.47. The Morgan fingerprint density at radius 2 is 1.69 bits per heavy atom. The number of rotatable bonds is 5. The van der Waals surface area contributed by atoms with Crippen molar-refractivity contribution in [1.82, 2.24) is 0 Å². The molecule has 1 heteroatoms. The maximum absolute atomic E-state index is 6.00. The molecule has 0 rings (SSSR count). The van der Waals surface area contributed by atoms with Crippen molar-refractivity contribution in [3.63, 3.8) is 0 Å². The summed E-state index contributed by atoms with van der Waals surface area (Å²) in [5, 5.41) is 0. The van der Waals surface area contributed by atoms with Crippen LogP contribution < -0.4 is 5.73 Å². The summed E-state index contributed by atoms with van der Waals surface area (Å²) < 4.78 is 0. The third kappa shape index (κ3) is 9.88. The topological polar surface area (TPSA) is 26.0 Å². The predicted molar refractivity (Wildman–Crippen MR) is 60.7 cm³/mol. The van der Waals surface area contributed by atoms with Crippen molar-refractivity contribution in [2.45, 2.75) is 66.3 Å². The van der Waals surface area contributed by atoms with Gasteiger partial charge in [0.15, 0.2) is 0 Å². The van der Waals surface area contributed by atoms with Crippen LogP contribution in [0.4, 0.5) is 0 Å². The largest absolute Gasteiger partial charge is 0.328 e. The first-order chi connectivity index (χ1) is 5.81. The normalized spacial score (nSPS) is 15.0. The Hall–Kier alpha value is -0.0400. The van der Waals surface area contributed by atoms with Gasteiger partial charge in [0.2, 0.25) is 0 Å². The van der Waals surface area contributed by atoms with Crippen molar-refractivity contribution in [2.24, 2.45) is 17.1 Å². The molecule has 0 aliphatic rings. The van der Waals surface area contributed by atoms with E-state index in [1.54, 1.807) is 0 Å². The zero-order valence-corrected chi connectivity index (χ0v) is 10.1. The second kappa shape index (κ2) is 5.64. The molecule has 0 aromatic heterocycles. The van der Waals surface area contributed by atoms with Crippen LogP contribution in [0.25, 0.3) is 0 Å². The molecule has 13 heavy (non-hydrogen) atoms. The Labute approximate surface area is 84.1 Å². The van der Waals surface area contributed by atoms with E-state index in [-0.39, 0.29) is 0 Å². The molecule has 0 radical (unpaired) electrons. The molecule has 0 aromatic carbocycles. The Kier molecular flexibility index (Phi) is 5.62. The van der Waals surface area contributed by atoms with Gasteiger partial charge in [0.1, 0.15) is 0 Å². The van der Waals surface area contributed by atoms with Crippen molar-refractivity contribution < 1.29 is 0 Å². The lowest BCUT2D eigenvalue weighted by Crippen LogP contribution is -2.22. The third-order valence-electron chi connectivity index (χ3n) is 2.28. The fraction of sp³-hybridized carbons (Fsp3) is 1.00. The first-order valence-electron chi connectivity index (χ1n) is 5.57. The summed E-state index contributed by atoms with van der Waals surface area (Å²) in [7, 11) is 0. The van der Waals surface area contributed by atoms with Crippen molar-refractivity contribution >= 4 is 0 Å². The second-order valence-electron chi connectivity index (χ2n) is 5.84. The predicted octanol–water partition coefficient (Wildman–Crippen LogP) is 3.58. The van der Waals surface area contributed by atoms with Crippen LogP contribution in [0.2, 0.25) is 0 Å². The van der Waals surface area contributed by atoms with E-state index < -0.39 is 0 Å². The highest BCUT2D eigenvalue weighted by molar-refractivity contribution is 4.67. The highest BCUT2D eigenvalue weighted by Gasteiger charge is 2.11. The molecular weight excluding hydrogens is 158 g/mol. The van der Waals surface area contributed by atoms with Gasteiger partial charge in [-0.1, -0.05) is 41.0 Å². The van der Waals surface area contributed by atoms with Gasteiger partial charge in [0.05, 0.1) is 0 Å². The van der Waals surface area contributed by atoms with Crippen molar-refractivity contribution in [1.29, 1.82) is 0 Å². The second-order valence-corrected chi connectivity index (χ2v) is 5.84. The van der Waals surface area contributed by atoms with E-state index in [4.69, 9.17) is 5.73 Å². The molecule has 80 valence electrons. The van der Waals surface area contributed by atoms with Crippen molar-refractivity contribution in [3.8, 4) is 0 Å². The Bertz CT molecular complexity index is 122. The van der Waals surface area contributed by atoms with Gasteiger partial charge >= 0.3 is 0 Å². The van der Waals surface area contributed by atoms with Crippen LogP contribution in [-0.2, 0) is 0 Å². The fourth-order valence-corrected chi connectivity index (χ4v) is 1.62. The first kappa shape index (κ1) is 13.0. The van der Waals surface area contributed by atoms with E-state index in [1.807, 2.05) is 0 Å². The third-order valence-corrected chi connectivity index (χ3v) is 2.28. The van der Waals surface area contributed by atoms with Crippen LogP contribution in [0.15, 0.2) is 0 Å². The van der Waals surface area contributed by atoms with E-state index in [0.29, 0.717) is 11.5 Å². The fourth-order valence-electron chi connectivity index (χ4n) is 1.62. The van der Waals surface area contributed by atoms with Crippen LogP contribution in [0, 0.1) is 11.3 Å². The molecule has 0 amide bonds. The molecule has 0 saturated carbocycles. The zero-order chi connectivity index (χ0) is 10.5. The van der Waals surface area contributed by atoms with Crippen molar-refractivity contribution in [2.75, 3.05) is 0 Å². The molecule has 0 saturated heterocycles. The van der Waals surface area contributed by atoms with Gasteiger partial charge in [-0.2, -0.15) is 0 Å². The van der Waals surface area contributed by atoms with E-state index in [1.165, 1.54) is 25.7 Å². The average Bonchev–Trinajstić information content (AvgIpc) is 1.81. The van der Waals surface area contributed by atoms with Crippen LogP contribution in [0.5, 0.6) is 0 Å². The molecular formula is C12H27N. The van der Waals surface area contributed by atoms with E-state index in [0.717, 1.165) is 5.92 Å². The monoisotopic (exact) mass is 185 g/mol. The minimum Gasteiger partial charge on any atom is -0.328 e. The highest BCUT2D eigenvalue weighted by atomic mass is 14.6. The molecule has 0 fully saturated rings. The van der Waals surface area contributed by atoms with Gasteiger partial charge in [-0.05, 0) is 30.6 Å². The van der Waals surface area contributed by atoms with Crippen molar-refractivity contribution in [3.05, 3.63) is 0 Å².